The van der Waals surface area contributed by atoms with E-state index in [1.165, 1.54) is 43.4 Å². The predicted octanol–water partition coefficient (Wildman–Crippen LogP) is 3.73. The van der Waals surface area contributed by atoms with E-state index in [0.717, 1.165) is 24.3 Å². The minimum absolute atomic E-state index is 0.775. The Hall–Kier alpha value is -0.610. The van der Waals surface area contributed by atoms with Crippen LogP contribution in [0.4, 0.5) is 5.13 Å². The normalized spacial score (nSPS) is 17.9. The highest BCUT2D eigenvalue weighted by Gasteiger charge is 2.17. The SMILES string of the molecule is CCNc1ncc(CN(C)C2CCCCCC2)s1. The molecule has 2 rings (SSSR count). The number of anilines is 1. The average Bonchev–Trinajstić information content (AvgIpc) is 2.65. The molecule has 18 heavy (non-hydrogen) atoms. The molecule has 0 aromatic carbocycles. The van der Waals surface area contributed by atoms with Crippen molar-refractivity contribution < 1.29 is 0 Å². The van der Waals surface area contributed by atoms with Crippen LogP contribution in [0.25, 0.3) is 0 Å². The Kier molecular flexibility index (Phi) is 5.45. The molecule has 0 aliphatic heterocycles. The van der Waals surface area contributed by atoms with Crippen molar-refractivity contribution in [2.24, 2.45) is 0 Å². The second kappa shape index (κ2) is 7.10. The summed E-state index contributed by atoms with van der Waals surface area (Å²) in [4.78, 5) is 8.30. The Morgan fingerprint density at radius 2 is 2.06 bits per heavy atom. The first kappa shape index (κ1) is 13.8. The van der Waals surface area contributed by atoms with Gasteiger partial charge in [0, 0.05) is 30.2 Å². The molecule has 102 valence electrons. The Bertz CT molecular complexity index is 343. The Morgan fingerprint density at radius 3 is 2.72 bits per heavy atom. The van der Waals surface area contributed by atoms with Gasteiger partial charge in [-0.3, -0.25) is 4.90 Å². The lowest BCUT2D eigenvalue weighted by molar-refractivity contribution is 0.214. The Morgan fingerprint density at radius 1 is 1.33 bits per heavy atom. The smallest absolute Gasteiger partial charge is 0.182 e. The third-order valence-corrected chi connectivity index (χ3v) is 4.67. The van der Waals surface area contributed by atoms with Gasteiger partial charge in [0.25, 0.3) is 0 Å². The second-order valence-corrected chi connectivity index (χ2v) is 6.34. The van der Waals surface area contributed by atoms with Crippen LogP contribution in [0.15, 0.2) is 6.20 Å². The molecule has 1 heterocycles. The third-order valence-electron chi connectivity index (χ3n) is 3.73. The van der Waals surface area contributed by atoms with Crippen LogP contribution in [-0.2, 0) is 6.54 Å². The van der Waals surface area contributed by atoms with Crippen molar-refractivity contribution in [2.45, 2.75) is 58.0 Å². The molecule has 0 unspecified atom stereocenters. The van der Waals surface area contributed by atoms with Crippen molar-refractivity contribution in [2.75, 3.05) is 18.9 Å². The van der Waals surface area contributed by atoms with E-state index in [1.54, 1.807) is 11.3 Å². The number of hydrogen-bond acceptors (Lipinski definition) is 4. The molecule has 0 saturated heterocycles. The maximum atomic E-state index is 4.40. The van der Waals surface area contributed by atoms with Crippen molar-refractivity contribution in [1.29, 1.82) is 0 Å². The Balaban J connectivity index is 1.86. The van der Waals surface area contributed by atoms with E-state index in [0.29, 0.717) is 0 Å². The molecule has 0 radical (unpaired) electrons. The molecule has 1 aliphatic carbocycles. The van der Waals surface area contributed by atoms with E-state index < -0.39 is 0 Å². The van der Waals surface area contributed by atoms with Crippen LogP contribution in [0.3, 0.4) is 0 Å². The summed E-state index contributed by atoms with van der Waals surface area (Å²) >= 11 is 1.79. The van der Waals surface area contributed by atoms with Crippen LogP contribution in [-0.4, -0.2) is 29.5 Å². The maximum absolute atomic E-state index is 4.40. The van der Waals surface area contributed by atoms with Gasteiger partial charge in [0.05, 0.1) is 0 Å². The van der Waals surface area contributed by atoms with Crippen LogP contribution in [0, 0.1) is 0 Å². The van der Waals surface area contributed by atoms with Gasteiger partial charge in [0.1, 0.15) is 0 Å². The van der Waals surface area contributed by atoms with E-state index in [2.05, 4.69) is 29.2 Å². The van der Waals surface area contributed by atoms with Gasteiger partial charge < -0.3 is 5.32 Å². The summed E-state index contributed by atoms with van der Waals surface area (Å²) in [5.41, 5.74) is 0. The average molecular weight is 267 g/mol. The highest BCUT2D eigenvalue weighted by Crippen LogP contribution is 2.24. The summed E-state index contributed by atoms with van der Waals surface area (Å²) in [7, 11) is 2.27. The van der Waals surface area contributed by atoms with Gasteiger partial charge >= 0.3 is 0 Å². The topological polar surface area (TPSA) is 28.2 Å². The van der Waals surface area contributed by atoms with Crippen LogP contribution in [0.2, 0.25) is 0 Å². The summed E-state index contributed by atoms with van der Waals surface area (Å²) in [6.07, 6.45) is 10.4. The molecular formula is C14H25N3S. The molecule has 0 spiro atoms. The third kappa shape index (κ3) is 3.95. The summed E-state index contributed by atoms with van der Waals surface area (Å²) in [6.45, 7) is 4.11. The van der Waals surface area contributed by atoms with Gasteiger partial charge in [-0.2, -0.15) is 0 Å². The highest BCUT2D eigenvalue weighted by atomic mass is 32.1. The molecule has 1 fully saturated rings. The number of aromatic nitrogens is 1. The molecule has 1 aliphatic rings. The van der Waals surface area contributed by atoms with Crippen molar-refractivity contribution in [3.8, 4) is 0 Å². The zero-order valence-corrected chi connectivity index (χ0v) is 12.4. The van der Waals surface area contributed by atoms with Crippen LogP contribution in [0.1, 0.15) is 50.3 Å². The van der Waals surface area contributed by atoms with Crippen LogP contribution < -0.4 is 5.32 Å². The first-order valence-electron chi connectivity index (χ1n) is 7.18. The minimum atomic E-state index is 0.775. The van der Waals surface area contributed by atoms with Crippen molar-refractivity contribution in [3.63, 3.8) is 0 Å². The molecular weight excluding hydrogens is 242 g/mol. The van der Waals surface area contributed by atoms with Gasteiger partial charge in [0.2, 0.25) is 0 Å². The van der Waals surface area contributed by atoms with Crippen LogP contribution >= 0.6 is 11.3 Å². The monoisotopic (exact) mass is 267 g/mol. The molecule has 0 amide bonds. The minimum Gasteiger partial charge on any atom is -0.362 e. The van der Waals surface area contributed by atoms with E-state index >= 15 is 0 Å². The van der Waals surface area contributed by atoms with Crippen molar-refractivity contribution >= 4 is 16.5 Å². The lowest BCUT2D eigenvalue weighted by atomic mass is 10.1. The molecule has 1 aromatic rings. The molecule has 4 heteroatoms. The highest BCUT2D eigenvalue weighted by molar-refractivity contribution is 7.15. The summed E-state index contributed by atoms with van der Waals surface area (Å²) in [5.74, 6) is 0. The number of rotatable bonds is 5. The largest absolute Gasteiger partial charge is 0.362 e. The lowest BCUT2D eigenvalue weighted by Crippen LogP contribution is -2.30. The fourth-order valence-electron chi connectivity index (χ4n) is 2.69. The van der Waals surface area contributed by atoms with E-state index in [4.69, 9.17) is 0 Å². The molecule has 1 aromatic heterocycles. The first-order valence-corrected chi connectivity index (χ1v) is 8.00. The summed E-state index contributed by atoms with van der Waals surface area (Å²) in [6, 6.07) is 0.775. The van der Waals surface area contributed by atoms with Gasteiger partial charge in [-0.05, 0) is 26.8 Å². The van der Waals surface area contributed by atoms with Gasteiger partial charge in [-0.1, -0.05) is 25.7 Å². The molecule has 1 saturated carbocycles. The fourth-order valence-corrected chi connectivity index (χ4v) is 3.63. The van der Waals surface area contributed by atoms with Crippen molar-refractivity contribution in [3.05, 3.63) is 11.1 Å². The zero-order chi connectivity index (χ0) is 12.8. The first-order chi connectivity index (χ1) is 8.79. The van der Waals surface area contributed by atoms with Crippen LogP contribution in [0.5, 0.6) is 0 Å². The maximum Gasteiger partial charge on any atom is 0.182 e. The standard InChI is InChI=1S/C14H25N3S/c1-3-15-14-16-10-13(18-14)11-17(2)12-8-6-4-5-7-9-12/h10,12H,3-9,11H2,1-2H3,(H,15,16). The predicted molar refractivity (Wildman–Crippen MR) is 79.2 cm³/mol. The molecule has 0 bridgehead atoms. The molecule has 3 nitrogen and oxygen atoms in total. The lowest BCUT2D eigenvalue weighted by Gasteiger charge is -2.26. The number of hydrogen-bond donors (Lipinski definition) is 1. The quantitative estimate of drug-likeness (QED) is 0.824. The number of nitrogens with zero attached hydrogens (tertiary/aromatic N) is 2. The second-order valence-electron chi connectivity index (χ2n) is 5.22. The van der Waals surface area contributed by atoms with Crippen molar-refractivity contribution in [1.82, 2.24) is 9.88 Å². The van der Waals surface area contributed by atoms with Gasteiger partial charge in [-0.25, -0.2) is 4.98 Å². The number of nitrogens with one attached hydrogen (secondary N) is 1. The van der Waals surface area contributed by atoms with Gasteiger partial charge in [-0.15, -0.1) is 11.3 Å². The van der Waals surface area contributed by atoms with E-state index in [1.807, 2.05) is 6.20 Å². The Labute approximate surface area is 115 Å². The fraction of sp³-hybridized carbons (Fsp3) is 0.786. The van der Waals surface area contributed by atoms with Gasteiger partial charge in [0.15, 0.2) is 5.13 Å². The zero-order valence-electron chi connectivity index (χ0n) is 11.6. The van der Waals surface area contributed by atoms with E-state index in [-0.39, 0.29) is 0 Å². The summed E-state index contributed by atoms with van der Waals surface area (Å²) in [5, 5.41) is 4.34. The molecule has 1 N–H and O–H groups in total. The summed E-state index contributed by atoms with van der Waals surface area (Å²) < 4.78 is 0. The van der Waals surface area contributed by atoms with E-state index in [9.17, 15) is 0 Å². The molecule has 0 atom stereocenters. The number of thiazole rings is 1.